The molecule has 0 fully saturated rings. The minimum atomic E-state index is -3.78. The molecule has 0 spiro atoms. The zero-order valence-electron chi connectivity index (χ0n) is 11.3. The molecule has 4 nitrogen and oxygen atoms in total. The molecular formula is C14H17NO3S. The van der Waals surface area contributed by atoms with Crippen molar-refractivity contribution in [2.45, 2.75) is 31.7 Å². The van der Waals surface area contributed by atoms with Gasteiger partial charge in [-0.15, -0.1) is 0 Å². The van der Waals surface area contributed by atoms with Crippen molar-refractivity contribution in [3.8, 4) is 0 Å². The average molecular weight is 279 g/mol. The van der Waals surface area contributed by atoms with Crippen LogP contribution in [0.15, 0.2) is 41.8 Å². The van der Waals surface area contributed by atoms with E-state index in [0.717, 1.165) is 10.4 Å². The van der Waals surface area contributed by atoms with Crippen LogP contribution in [0.4, 0.5) is 0 Å². The van der Waals surface area contributed by atoms with E-state index in [1.807, 2.05) is 20.8 Å². The number of benzene rings is 1. The van der Waals surface area contributed by atoms with Crippen molar-refractivity contribution >= 4 is 15.9 Å². The van der Waals surface area contributed by atoms with Gasteiger partial charge in [0, 0.05) is 0 Å². The van der Waals surface area contributed by atoms with Crippen LogP contribution in [-0.2, 0) is 14.8 Å². The lowest BCUT2D eigenvalue weighted by molar-refractivity contribution is -0.124. The SMILES string of the molecule is C=CC(=O)N1[C@@H](C(C)(C)C)c2ccccc2S1(=O)=O. The second kappa shape index (κ2) is 4.20. The van der Waals surface area contributed by atoms with Crippen LogP contribution in [0.1, 0.15) is 32.4 Å². The van der Waals surface area contributed by atoms with Crippen molar-refractivity contribution in [3.63, 3.8) is 0 Å². The van der Waals surface area contributed by atoms with E-state index < -0.39 is 27.4 Å². The number of rotatable bonds is 1. The lowest BCUT2D eigenvalue weighted by Crippen LogP contribution is -2.39. The highest BCUT2D eigenvalue weighted by molar-refractivity contribution is 7.90. The van der Waals surface area contributed by atoms with Crippen molar-refractivity contribution in [1.82, 2.24) is 4.31 Å². The first-order valence-electron chi connectivity index (χ1n) is 6.01. The molecule has 0 N–H and O–H groups in total. The highest BCUT2D eigenvalue weighted by Gasteiger charge is 2.49. The Morgan fingerprint density at radius 2 is 1.89 bits per heavy atom. The summed E-state index contributed by atoms with van der Waals surface area (Å²) in [7, 11) is -3.78. The summed E-state index contributed by atoms with van der Waals surface area (Å²) in [5, 5.41) is 0. The van der Waals surface area contributed by atoms with E-state index in [1.54, 1.807) is 24.3 Å². The van der Waals surface area contributed by atoms with Crippen LogP contribution >= 0.6 is 0 Å². The molecule has 0 saturated carbocycles. The molecule has 0 aromatic heterocycles. The normalized spacial score (nSPS) is 21.0. The van der Waals surface area contributed by atoms with Crippen LogP contribution in [0.2, 0.25) is 0 Å². The minimum Gasteiger partial charge on any atom is -0.269 e. The first-order valence-corrected chi connectivity index (χ1v) is 7.45. The van der Waals surface area contributed by atoms with Gasteiger partial charge in [-0.2, -0.15) is 0 Å². The maximum atomic E-state index is 12.5. The molecule has 1 atom stereocenters. The van der Waals surface area contributed by atoms with Crippen LogP contribution in [0.5, 0.6) is 0 Å². The monoisotopic (exact) mass is 279 g/mol. The lowest BCUT2D eigenvalue weighted by atomic mass is 9.82. The van der Waals surface area contributed by atoms with Gasteiger partial charge in [0.1, 0.15) is 0 Å². The summed E-state index contributed by atoms with van der Waals surface area (Å²) in [6.45, 7) is 9.14. The van der Waals surface area contributed by atoms with Crippen molar-refractivity contribution < 1.29 is 13.2 Å². The number of nitrogens with zero attached hydrogens (tertiary/aromatic N) is 1. The number of carbonyl (C=O) groups is 1. The van der Waals surface area contributed by atoms with Gasteiger partial charge in [-0.3, -0.25) is 4.79 Å². The maximum Gasteiger partial charge on any atom is 0.267 e. The molecule has 0 unspecified atom stereocenters. The van der Waals surface area contributed by atoms with Crippen LogP contribution in [0, 0.1) is 5.41 Å². The Balaban J connectivity index is 2.76. The van der Waals surface area contributed by atoms with Crippen molar-refractivity contribution in [1.29, 1.82) is 0 Å². The van der Waals surface area contributed by atoms with Gasteiger partial charge in [-0.25, -0.2) is 12.7 Å². The number of amides is 1. The number of hydrogen-bond donors (Lipinski definition) is 0. The molecule has 1 aromatic rings. The minimum absolute atomic E-state index is 0.213. The molecule has 1 aliphatic heterocycles. The fraction of sp³-hybridized carbons (Fsp3) is 0.357. The van der Waals surface area contributed by atoms with E-state index >= 15 is 0 Å². The molecule has 0 saturated heterocycles. The molecule has 0 bridgehead atoms. The van der Waals surface area contributed by atoms with Crippen LogP contribution in [0.3, 0.4) is 0 Å². The van der Waals surface area contributed by atoms with E-state index in [-0.39, 0.29) is 4.90 Å². The van der Waals surface area contributed by atoms with Gasteiger partial charge >= 0.3 is 0 Å². The van der Waals surface area contributed by atoms with Crippen LogP contribution in [-0.4, -0.2) is 18.6 Å². The first-order chi connectivity index (χ1) is 8.71. The van der Waals surface area contributed by atoms with Crippen molar-refractivity contribution in [2.75, 3.05) is 0 Å². The summed E-state index contributed by atoms with van der Waals surface area (Å²) < 4.78 is 25.9. The maximum absolute atomic E-state index is 12.5. The Labute approximate surface area is 113 Å². The number of hydrogen-bond acceptors (Lipinski definition) is 3. The van der Waals surface area contributed by atoms with E-state index in [9.17, 15) is 13.2 Å². The number of fused-ring (bicyclic) bond motifs is 1. The molecule has 1 amide bonds. The van der Waals surface area contributed by atoms with Gasteiger partial charge < -0.3 is 0 Å². The molecule has 0 aliphatic carbocycles. The van der Waals surface area contributed by atoms with Gasteiger partial charge in [0.05, 0.1) is 10.9 Å². The van der Waals surface area contributed by atoms with Gasteiger partial charge in [-0.05, 0) is 23.1 Å². The quantitative estimate of drug-likeness (QED) is 0.742. The highest BCUT2D eigenvalue weighted by Crippen LogP contribution is 2.48. The molecular weight excluding hydrogens is 262 g/mol. The molecule has 19 heavy (non-hydrogen) atoms. The molecule has 0 radical (unpaired) electrons. The summed E-state index contributed by atoms with van der Waals surface area (Å²) in [6.07, 6.45) is 1.04. The smallest absolute Gasteiger partial charge is 0.267 e. The molecule has 1 aromatic carbocycles. The second-order valence-electron chi connectivity index (χ2n) is 5.65. The Morgan fingerprint density at radius 1 is 1.32 bits per heavy atom. The number of sulfonamides is 1. The fourth-order valence-corrected chi connectivity index (χ4v) is 4.43. The molecule has 2 rings (SSSR count). The largest absolute Gasteiger partial charge is 0.269 e. The third-order valence-corrected chi connectivity index (χ3v) is 5.03. The van der Waals surface area contributed by atoms with Gasteiger partial charge in [-0.1, -0.05) is 45.5 Å². The van der Waals surface area contributed by atoms with Gasteiger partial charge in [0.25, 0.3) is 15.9 Å². The Hall–Kier alpha value is -1.62. The van der Waals surface area contributed by atoms with Gasteiger partial charge in [0.2, 0.25) is 0 Å². The second-order valence-corrected chi connectivity index (χ2v) is 7.43. The standard InChI is InChI=1S/C14H17NO3S/c1-5-12(16)15-13(14(2,3)4)10-8-6-7-9-11(10)19(15,17)18/h5-9,13H,1H2,2-4H3/t13-/m1/s1. The third kappa shape index (κ3) is 1.98. The summed E-state index contributed by atoms with van der Waals surface area (Å²) in [5.41, 5.74) is 0.281. The zero-order valence-corrected chi connectivity index (χ0v) is 12.1. The molecule has 5 heteroatoms. The topological polar surface area (TPSA) is 54.5 Å². The number of carbonyl (C=O) groups excluding carboxylic acids is 1. The van der Waals surface area contributed by atoms with E-state index in [2.05, 4.69) is 6.58 Å². The molecule has 1 aliphatic rings. The van der Waals surface area contributed by atoms with E-state index in [0.29, 0.717) is 5.56 Å². The first kappa shape index (κ1) is 13.8. The van der Waals surface area contributed by atoms with E-state index in [1.165, 1.54) is 0 Å². The Kier molecular flexibility index (Phi) is 3.05. The van der Waals surface area contributed by atoms with Crippen LogP contribution < -0.4 is 0 Å². The lowest BCUT2D eigenvalue weighted by Gasteiger charge is -2.33. The third-order valence-electron chi connectivity index (χ3n) is 3.20. The molecule has 102 valence electrons. The zero-order chi connectivity index (χ0) is 14.4. The van der Waals surface area contributed by atoms with E-state index in [4.69, 9.17) is 0 Å². The Bertz CT molecular complexity index is 641. The Morgan fingerprint density at radius 3 is 2.42 bits per heavy atom. The fourth-order valence-electron chi connectivity index (χ4n) is 2.47. The predicted octanol–water partition coefficient (Wildman–Crippen LogP) is 2.49. The average Bonchev–Trinajstić information content (AvgIpc) is 2.57. The van der Waals surface area contributed by atoms with Crippen molar-refractivity contribution in [2.24, 2.45) is 5.41 Å². The predicted molar refractivity (Wildman–Crippen MR) is 72.9 cm³/mol. The summed E-state index contributed by atoms with van der Waals surface area (Å²) in [5.74, 6) is -0.587. The van der Waals surface area contributed by atoms with Crippen molar-refractivity contribution in [3.05, 3.63) is 42.5 Å². The molecule has 1 heterocycles. The highest BCUT2D eigenvalue weighted by atomic mass is 32.2. The van der Waals surface area contributed by atoms with Crippen LogP contribution in [0.25, 0.3) is 0 Å². The summed E-state index contributed by atoms with van der Waals surface area (Å²) in [6, 6.07) is 6.26. The summed E-state index contributed by atoms with van der Waals surface area (Å²) >= 11 is 0. The van der Waals surface area contributed by atoms with Gasteiger partial charge in [0.15, 0.2) is 0 Å². The summed E-state index contributed by atoms with van der Waals surface area (Å²) in [4.78, 5) is 12.2.